The molecule has 7 N–H and O–H groups in total. The lowest BCUT2D eigenvalue weighted by Crippen LogP contribution is -2.46. The molecule has 0 saturated heterocycles. The summed E-state index contributed by atoms with van der Waals surface area (Å²) in [6.45, 7) is 2.73. The Morgan fingerprint density at radius 3 is 2.23 bits per heavy atom. The lowest BCUT2D eigenvalue weighted by molar-refractivity contribution is -0.247. The number of nitrogens with two attached hydrogens (primary N) is 1. The van der Waals surface area contributed by atoms with Crippen LogP contribution in [0.2, 0.25) is 0 Å². The van der Waals surface area contributed by atoms with Gasteiger partial charge >= 0.3 is 5.97 Å². The first-order valence-electron chi connectivity index (χ1n) is 9.32. The first-order chi connectivity index (χ1) is 14.1. The first kappa shape index (κ1) is 28.4. The molecule has 0 radical (unpaired) electrons. The molecule has 0 saturated carbocycles. The third-order valence-corrected chi connectivity index (χ3v) is 4.07. The molecule has 14 heteroatoms. The minimum Gasteiger partial charge on any atom is -0.396 e. The Hall–Kier alpha value is -1.58. The van der Waals surface area contributed by atoms with E-state index in [2.05, 4.69) is 15.0 Å². The number of carbonyl (C=O) groups excluding carboxylic acids is 1. The number of aliphatic hydroxyl groups excluding tert-OH is 5. The maximum Gasteiger partial charge on any atom is 0.347 e. The lowest BCUT2D eigenvalue weighted by Gasteiger charge is -2.31. The zero-order valence-corrected chi connectivity index (χ0v) is 17.1. The minimum atomic E-state index is -1.47. The smallest absolute Gasteiger partial charge is 0.347 e. The van der Waals surface area contributed by atoms with E-state index in [1.807, 2.05) is 0 Å². The van der Waals surface area contributed by atoms with Gasteiger partial charge in [-0.3, -0.25) is 0 Å². The SMILES string of the molecule is CC[C@@H](CO)C(O[C@@H](OC[C@H](O)C(CO)O[C@@H](O)C(C)N)C(C)O)C(=O)ON=[N+]=[N-]. The number of hydrogen-bond donors (Lipinski definition) is 6. The highest BCUT2D eigenvalue weighted by Gasteiger charge is 2.35. The molecule has 0 aliphatic carbocycles. The first-order valence-corrected chi connectivity index (χ1v) is 9.32. The van der Waals surface area contributed by atoms with Crippen LogP contribution in [0.1, 0.15) is 27.2 Å². The van der Waals surface area contributed by atoms with E-state index in [1.165, 1.54) is 13.8 Å². The van der Waals surface area contributed by atoms with Gasteiger partial charge in [0, 0.05) is 17.4 Å². The van der Waals surface area contributed by atoms with E-state index in [0.29, 0.717) is 0 Å². The largest absolute Gasteiger partial charge is 0.396 e. The number of aliphatic hydroxyl groups is 5. The van der Waals surface area contributed by atoms with Gasteiger partial charge in [0.25, 0.3) is 0 Å². The quantitative estimate of drug-likeness (QED) is 0.0520. The second-order valence-corrected chi connectivity index (χ2v) is 6.61. The van der Waals surface area contributed by atoms with E-state index in [4.69, 9.17) is 25.5 Å². The van der Waals surface area contributed by atoms with Crippen molar-refractivity contribution in [1.82, 2.24) is 0 Å². The van der Waals surface area contributed by atoms with E-state index in [0.717, 1.165) is 0 Å². The van der Waals surface area contributed by atoms with Crippen LogP contribution in [0.25, 0.3) is 10.4 Å². The van der Waals surface area contributed by atoms with E-state index in [1.54, 1.807) is 6.92 Å². The van der Waals surface area contributed by atoms with Gasteiger partial charge in [0.1, 0.15) is 23.6 Å². The summed E-state index contributed by atoms with van der Waals surface area (Å²) in [4.78, 5) is 18.7. The molecular weight excluding hydrogens is 408 g/mol. The molecule has 0 spiro atoms. The predicted octanol–water partition coefficient (Wildman–Crippen LogP) is -1.71. The maximum atomic E-state index is 12.1. The zero-order chi connectivity index (χ0) is 23.3. The summed E-state index contributed by atoms with van der Waals surface area (Å²) in [7, 11) is 0. The van der Waals surface area contributed by atoms with Crippen LogP contribution in [-0.2, 0) is 23.8 Å². The molecule has 0 bridgehead atoms. The molecule has 0 aliphatic rings. The highest BCUT2D eigenvalue weighted by molar-refractivity contribution is 5.74. The summed E-state index contributed by atoms with van der Waals surface area (Å²) in [5.74, 6) is -1.88. The number of nitrogens with zero attached hydrogens (tertiary/aromatic N) is 3. The fourth-order valence-corrected chi connectivity index (χ4v) is 2.20. The summed E-state index contributed by atoms with van der Waals surface area (Å²) in [5, 5.41) is 51.2. The second kappa shape index (κ2) is 15.3. The van der Waals surface area contributed by atoms with Crippen molar-refractivity contribution in [3.8, 4) is 0 Å². The van der Waals surface area contributed by atoms with Gasteiger partial charge in [-0.25, -0.2) is 4.79 Å². The van der Waals surface area contributed by atoms with E-state index < -0.39 is 74.7 Å². The summed E-state index contributed by atoms with van der Waals surface area (Å²) in [6.07, 6.45) is -8.11. The summed E-state index contributed by atoms with van der Waals surface area (Å²) in [6, 6.07) is -0.784. The number of carbonyl (C=O) groups is 1. The van der Waals surface area contributed by atoms with Crippen LogP contribution in [0.5, 0.6) is 0 Å². The lowest BCUT2D eigenvalue weighted by atomic mass is 10.0. The molecule has 4 unspecified atom stereocenters. The van der Waals surface area contributed by atoms with Crippen LogP contribution in [0.3, 0.4) is 0 Å². The number of azide groups is 1. The molecule has 0 heterocycles. The molecule has 0 fully saturated rings. The van der Waals surface area contributed by atoms with E-state index in [-0.39, 0.29) is 6.42 Å². The molecular formula is C16H32N4O10. The van der Waals surface area contributed by atoms with Crippen LogP contribution in [-0.4, -0.2) is 94.4 Å². The van der Waals surface area contributed by atoms with E-state index in [9.17, 15) is 30.3 Å². The Balaban J connectivity index is 5.18. The van der Waals surface area contributed by atoms with Crippen molar-refractivity contribution in [1.29, 1.82) is 0 Å². The van der Waals surface area contributed by atoms with Crippen molar-refractivity contribution < 1.29 is 49.4 Å². The van der Waals surface area contributed by atoms with Crippen molar-refractivity contribution in [2.75, 3.05) is 19.8 Å². The second-order valence-electron chi connectivity index (χ2n) is 6.61. The standard InChI is InChI=1S/C16H32N4O10/c1-4-10(5-21)13(15(26)30-20-19-18)29-16(9(3)23)27-7-11(24)12(6-22)28-14(25)8(2)17/h8-14,16,21-25H,4-7,17H2,1-3H3/t8?,9?,10-,11-,12?,13?,14+,16+/m0/s1. The van der Waals surface area contributed by atoms with Crippen molar-refractivity contribution in [3.05, 3.63) is 10.4 Å². The Bertz CT molecular complexity index is 528. The molecule has 0 aliphatic heterocycles. The molecule has 0 rings (SSSR count). The molecule has 176 valence electrons. The number of rotatable bonds is 16. The zero-order valence-electron chi connectivity index (χ0n) is 17.1. The van der Waals surface area contributed by atoms with Gasteiger partial charge < -0.3 is 50.3 Å². The Morgan fingerprint density at radius 1 is 1.17 bits per heavy atom. The molecule has 0 aromatic heterocycles. The van der Waals surface area contributed by atoms with Crippen LogP contribution in [0, 0.1) is 5.92 Å². The molecule has 30 heavy (non-hydrogen) atoms. The van der Waals surface area contributed by atoms with Gasteiger partial charge in [-0.05, 0) is 25.8 Å². The molecule has 0 aromatic rings. The summed E-state index contributed by atoms with van der Waals surface area (Å²) < 4.78 is 15.8. The van der Waals surface area contributed by atoms with Gasteiger partial charge in [-0.2, -0.15) is 0 Å². The average molecular weight is 440 g/mol. The molecule has 8 atom stereocenters. The normalized spacial score (nSPS) is 19.5. The van der Waals surface area contributed by atoms with Gasteiger partial charge in [-0.15, -0.1) is 0 Å². The summed E-state index contributed by atoms with van der Waals surface area (Å²) >= 11 is 0. The minimum absolute atomic E-state index is 0.275. The Kier molecular flexibility index (Phi) is 14.5. The van der Waals surface area contributed by atoms with Gasteiger partial charge in [0.05, 0.1) is 19.3 Å². The Labute approximate surface area is 173 Å². The highest BCUT2D eigenvalue weighted by atomic mass is 16.7. The highest BCUT2D eigenvalue weighted by Crippen LogP contribution is 2.19. The van der Waals surface area contributed by atoms with E-state index >= 15 is 0 Å². The van der Waals surface area contributed by atoms with Crippen LogP contribution in [0.15, 0.2) is 5.28 Å². The number of hydrogen-bond acceptors (Lipinski definition) is 12. The third-order valence-electron chi connectivity index (χ3n) is 4.07. The van der Waals surface area contributed by atoms with Crippen molar-refractivity contribution in [2.45, 2.75) is 70.2 Å². The van der Waals surface area contributed by atoms with Crippen molar-refractivity contribution in [3.63, 3.8) is 0 Å². The van der Waals surface area contributed by atoms with Crippen LogP contribution in [0.4, 0.5) is 0 Å². The van der Waals surface area contributed by atoms with Crippen LogP contribution < -0.4 is 5.73 Å². The van der Waals surface area contributed by atoms with Crippen molar-refractivity contribution in [2.24, 2.45) is 16.9 Å². The monoisotopic (exact) mass is 440 g/mol. The fourth-order valence-electron chi connectivity index (χ4n) is 2.20. The number of ether oxygens (including phenoxy) is 3. The van der Waals surface area contributed by atoms with Gasteiger partial charge in [-0.1, -0.05) is 6.92 Å². The van der Waals surface area contributed by atoms with Gasteiger partial charge in [0.2, 0.25) is 0 Å². The topological polar surface area (TPSA) is 230 Å². The maximum absolute atomic E-state index is 12.1. The third kappa shape index (κ3) is 9.95. The summed E-state index contributed by atoms with van der Waals surface area (Å²) in [5.41, 5.74) is 13.7. The Morgan fingerprint density at radius 2 is 1.80 bits per heavy atom. The fraction of sp³-hybridized carbons (Fsp3) is 0.938. The molecule has 0 amide bonds. The predicted molar refractivity (Wildman–Crippen MR) is 100 cm³/mol. The van der Waals surface area contributed by atoms with Crippen molar-refractivity contribution >= 4 is 5.97 Å². The molecule has 0 aromatic carbocycles. The average Bonchev–Trinajstić information content (AvgIpc) is 2.71. The van der Waals surface area contributed by atoms with Gasteiger partial charge in [0.15, 0.2) is 18.7 Å². The van der Waals surface area contributed by atoms with Crippen LogP contribution >= 0.6 is 0 Å². The molecule has 14 nitrogen and oxygen atoms in total.